The number of nitrogens with one attached hydrogen (secondary N) is 5. The number of unbranched alkanes of at least 4 members (excludes halogenated alkanes) is 2. The summed E-state index contributed by atoms with van der Waals surface area (Å²) < 4.78 is 17.8. The molecular formula is C75H118N12O18S. The number of primary amides is 2. The third-order valence-electron chi connectivity index (χ3n) is 20.1. The maximum absolute atomic E-state index is 14.9. The van der Waals surface area contributed by atoms with Crippen LogP contribution in [0.5, 0.6) is 0 Å². The number of thioether (sulfide) groups is 1. The van der Waals surface area contributed by atoms with Gasteiger partial charge in [-0.05, 0) is 92.4 Å². The van der Waals surface area contributed by atoms with Gasteiger partial charge in [-0.3, -0.25) is 62.5 Å². The van der Waals surface area contributed by atoms with Gasteiger partial charge in [0, 0.05) is 96.9 Å². The molecule has 0 aromatic heterocycles. The number of hydrogen-bond donors (Lipinski definition) is 9. The standard InChI is InChI=1S/C75H118N12O18S/c1-15-46(8)66(58(102-13)38-62(92)86-35-23-27-55(86)68(103-14)47(9)70(96)80-48(10)67(94)50-24-18-16-19-25-50)84(11)72(98)53(43(2)3)37-57(89)65(45(6)7)85(12)75(101)104-40-49-29-31-52(32-30-49)81-71(97)51(26-22-33-79-74(77)100)36-56(88)64(44(4)5)83-60(90)28-20-17-21-34-87-63(93)39-59(73(87)99)106-42-54(69(76)95)82-61(91)41-105-78/h16,18-19,24-25,29-32,43-48,51,53-55,58-59,64-68,94H,15,17,20-23,26-28,33-42,78H2,1-14H3,(H2,76,95)(H,80,96)(H,81,97)(H,82,91)(H,83,90)(H3,77,79,100)/t46-,47+,48+,51+,53+,54?,55?,58+,59?,64-,65-,66-,67+,68+/m0/s1. The van der Waals surface area contributed by atoms with Crippen LogP contribution in [0.4, 0.5) is 15.3 Å². The number of nitrogens with two attached hydrogens (primary N) is 3. The predicted octanol–water partition coefficient (Wildman–Crippen LogP) is 5.05. The van der Waals surface area contributed by atoms with Gasteiger partial charge in [0.15, 0.2) is 11.6 Å². The first-order valence-electron chi connectivity index (χ1n) is 36.8. The summed E-state index contributed by atoms with van der Waals surface area (Å²) in [6.45, 7) is 18.2. The van der Waals surface area contributed by atoms with Crippen molar-refractivity contribution in [2.24, 2.45) is 58.8 Å². The van der Waals surface area contributed by atoms with Gasteiger partial charge in [-0.25, -0.2) is 15.5 Å². The highest BCUT2D eigenvalue weighted by Gasteiger charge is 2.45. The summed E-state index contributed by atoms with van der Waals surface area (Å²) in [4.78, 5) is 184. The molecule has 2 aliphatic rings. The number of carbonyl (C=O) groups is 13. The Bertz CT molecular complexity index is 3260. The molecule has 106 heavy (non-hydrogen) atoms. The molecule has 0 bridgehead atoms. The lowest BCUT2D eigenvalue weighted by atomic mass is 9.83. The van der Waals surface area contributed by atoms with Crippen LogP contribution in [-0.4, -0.2) is 216 Å². The Balaban J connectivity index is 1.34. The lowest BCUT2D eigenvalue weighted by Crippen LogP contribution is -2.55. The van der Waals surface area contributed by atoms with Crippen molar-refractivity contribution in [3.05, 3.63) is 65.7 Å². The second-order valence-corrected chi connectivity index (χ2v) is 30.2. The molecule has 592 valence electrons. The number of ether oxygens (including phenoxy) is 3. The lowest BCUT2D eigenvalue weighted by Gasteiger charge is -2.41. The predicted molar refractivity (Wildman–Crippen MR) is 399 cm³/mol. The number of amides is 12. The Morgan fingerprint density at radius 3 is 2.00 bits per heavy atom. The Morgan fingerprint density at radius 2 is 1.42 bits per heavy atom. The van der Waals surface area contributed by atoms with Crippen LogP contribution < -0.4 is 43.9 Å². The molecule has 31 heteroatoms. The summed E-state index contributed by atoms with van der Waals surface area (Å²) in [5.41, 5.74) is 12.2. The van der Waals surface area contributed by atoms with Gasteiger partial charge in [0.25, 0.3) is 0 Å². The van der Waals surface area contributed by atoms with Gasteiger partial charge in [-0.15, -0.1) is 11.8 Å². The Morgan fingerprint density at radius 1 is 0.745 bits per heavy atom. The van der Waals surface area contributed by atoms with Crippen molar-refractivity contribution in [1.29, 1.82) is 0 Å². The third kappa shape index (κ3) is 27.3. The van der Waals surface area contributed by atoms with E-state index in [-0.39, 0.29) is 112 Å². The average molecular weight is 1510 g/mol. The average Bonchev–Trinajstić information content (AvgIpc) is 1.41. The molecular weight excluding hydrogens is 1390 g/mol. The van der Waals surface area contributed by atoms with Crippen LogP contribution in [0.15, 0.2) is 54.6 Å². The number of Topliss-reactive ketones (excluding diaryl/α,β-unsaturated/α-hetero) is 2. The van der Waals surface area contributed by atoms with Crippen LogP contribution >= 0.6 is 11.8 Å². The minimum Gasteiger partial charge on any atom is -0.445 e. The fourth-order valence-corrected chi connectivity index (χ4v) is 15.0. The zero-order valence-corrected chi connectivity index (χ0v) is 65.1. The van der Waals surface area contributed by atoms with Crippen LogP contribution in [0.1, 0.15) is 170 Å². The molecule has 12 N–H and O–H groups in total. The van der Waals surface area contributed by atoms with Crippen molar-refractivity contribution in [2.75, 3.05) is 65.6 Å². The van der Waals surface area contributed by atoms with E-state index in [4.69, 9.17) is 31.6 Å². The number of benzene rings is 2. The SMILES string of the molecule is CC[C@H](C)[C@@H]([C@@H](CC(=O)N1CCCC1[C@H](OC)[C@@H](C)C(=O)N[C@H](C)[C@@H](O)c1ccccc1)OC)N(C)C(=O)[C@H](CC(=O)[C@H](C(C)C)N(C)C(=O)OCc1ccc(NC(=O)[C@H](CCCNC(N)=O)CC(=O)[C@@H](NC(=O)CCCCCN2C(=O)CC(SCC(NC(=O)CON)C(N)=O)C2=O)C(C)C)cc1)C(C)C. The second kappa shape index (κ2) is 44.9. The number of anilines is 1. The minimum absolute atomic E-state index is 0.0285. The van der Waals surface area contributed by atoms with Crippen molar-refractivity contribution in [3.8, 4) is 0 Å². The maximum Gasteiger partial charge on any atom is 0.410 e. The highest BCUT2D eigenvalue weighted by Crippen LogP contribution is 2.33. The van der Waals surface area contributed by atoms with E-state index in [0.29, 0.717) is 61.9 Å². The van der Waals surface area contributed by atoms with Gasteiger partial charge < -0.3 is 72.1 Å². The van der Waals surface area contributed by atoms with Crippen molar-refractivity contribution < 1.29 is 86.5 Å². The molecule has 2 aliphatic heterocycles. The zero-order chi connectivity index (χ0) is 79.2. The molecule has 0 aliphatic carbocycles. The number of nitrogens with zero attached hydrogens (tertiary/aromatic N) is 4. The molecule has 2 saturated heterocycles. The van der Waals surface area contributed by atoms with Crippen molar-refractivity contribution in [3.63, 3.8) is 0 Å². The van der Waals surface area contributed by atoms with E-state index >= 15 is 0 Å². The lowest BCUT2D eigenvalue weighted by molar-refractivity contribution is -0.149. The number of ketones is 2. The van der Waals surface area contributed by atoms with E-state index in [1.807, 2.05) is 45.9 Å². The molecule has 2 aromatic rings. The topological polar surface area (TPSA) is 430 Å². The van der Waals surface area contributed by atoms with Crippen LogP contribution in [0, 0.1) is 41.4 Å². The first-order chi connectivity index (χ1) is 50.1. The van der Waals surface area contributed by atoms with E-state index in [2.05, 4.69) is 31.4 Å². The molecule has 12 amide bonds. The quantitative estimate of drug-likeness (QED) is 0.0238. The maximum atomic E-state index is 14.9. The highest BCUT2D eigenvalue weighted by molar-refractivity contribution is 8.00. The third-order valence-corrected chi connectivity index (χ3v) is 21.4. The number of imide groups is 1. The normalized spacial score (nSPS) is 17.9. The largest absolute Gasteiger partial charge is 0.445 e. The molecule has 0 saturated carbocycles. The molecule has 2 fully saturated rings. The number of carbonyl (C=O) groups excluding carboxylic acids is 13. The summed E-state index contributed by atoms with van der Waals surface area (Å²) in [7, 11) is 6.16. The number of aliphatic hydroxyl groups excluding tert-OH is 1. The van der Waals surface area contributed by atoms with Crippen molar-refractivity contribution >= 4 is 94.3 Å². The van der Waals surface area contributed by atoms with Gasteiger partial charge in [-0.2, -0.15) is 0 Å². The van der Waals surface area contributed by atoms with Crippen LogP contribution in [0.3, 0.4) is 0 Å². The van der Waals surface area contributed by atoms with E-state index in [1.54, 1.807) is 94.8 Å². The van der Waals surface area contributed by atoms with Crippen LogP contribution in [0.2, 0.25) is 0 Å². The number of rotatable bonds is 47. The number of likely N-dealkylation sites (N-methyl/N-ethyl adjacent to an activating group) is 2. The van der Waals surface area contributed by atoms with Crippen LogP contribution in [0.25, 0.3) is 0 Å². The Labute approximate surface area is 628 Å². The number of hydrogen-bond acceptors (Lipinski definition) is 20. The van der Waals surface area contributed by atoms with E-state index in [0.717, 1.165) is 16.7 Å². The van der Waals surface area contributed by atoms with Gasteiger partial charge >= 0.3 is 12.1 Å². The number of urea groups is 1. The second-order valence-electron chi connectivity index (χ2n) is 28.9. The molecule has 2 aromatic carbocycles. The molecule has 3 unspecified atom stereocenters. The van der Waals surface area contributed by atoms with Crippen molar-refractivity contribution in [1.82, 2.24) is 40.9 Å². The van der Waals surface area contributed by atoms with Gasteiger partial charge in [0.1, 0.15) is 19.3 Å². The van der Waals surface area contributed by atoms with Gasteiger partial charge in [-0.1, -0.05) is 118 Å². The fraction of sp³-hybridized carbons (Fsp3) is 0.667. The number of aliphatic hydroxyl groups is 1. The van der Waals surface area contributed by atoms with Crippen LogP contribution in [-0.2, 0) is 78.4 Å². The summed E-state index contributed by atoms with van der Waals surface area (Å²) in [5, 5.41) is 23.7. The molecule has 4 rings (SSSR count). The number of methoxy groups -OCH3 is 2. The summed E-state index contributed by atoms with van der Waals surface area (Å²) in [5.74, 6) is -3.75. The molecule has 14 atom stereocenters. The number of likely N-dealkylation sites (tertiary alicyclic amines) is 2. The van der Waals surface area contributed by atoms with E-state index < -0.39 is 143 Å². The fourth-order valence-electron chi connectivity index (χ4n) is 13.8. The first kappa shape index (κ1) is 90.3. The molecule has 0 radical (unpaired) electrons. The van der Waals surface area contributed by atoms with Gasteiger partial charge in [0.2, 0.25) is 53.2 Å². The summed E-state index contributed by atoms with van der Waals surface area (Å²) in [6.07, 6.45) is -0.239. The highest BCUT2D eigenvalue weighted by atomic mass is 32.2. The smallest absolute Gasteiger partial charge is 0.410 e. The van der Waals surface area contributed by atoms with Gasteiger partial charge in [0.05, 0.1) is 66.1 Å². The molecule has 0 spiro atoms. The molecule has 30 nitrogen and oxygen atoms in total. The summed E-state index contributed by atoms with van der Waals surface area (Å²) >= 11 is 1.01. The first-order valence-corrected chi connectivity index (χ1v) is 37.9. The van der Waals surface area contributed by atoms with Crippen molar-refractivity contribution in [2.45, 2.75) is 219 Å². The zero-order valence-electron chi connectivity index (χ0n) is 64.3. The van der Waals surface area contributed by atoms with E-state index in [9.17, 15) is 67.4 Å². The minimum atomic E-state index is -1.13. The van der Waals surface area contributed by atoms with E-state index in [1.165, 1.54) is 26.2 Å². The Hall–Kier alpha value is -8.10. The molecule has 2 heterocycles. The monoisotopic (exact) mass is 1510 g/mol. The summed E-state index contributed by atoms with van der Waals surface area (Å²) in [6, 6.07) is 10.0. The Kier molecular flexibility index (Phi) is 38.2.